The number of likely N-dealkylation sites (N-methyl/N-ethyl adjacent to an activating group) is 1. The van der Waals surface area contributed by atoms with Gasteiger partial charge in [0.1, 0.15) is 0 Å². The van der Waals surface area contributed by atoms with E-state index in [1.807, 2.05) is 14.1 Å². The summed E-state index contributed by atoms with van der Waals surface area (Å²) in [6.07, 6.45) is 2.94. The summed E-state index contributed by atoms with van der Waals surface area (Å²) in [6, 6.07) is 0. The molecule has 0 aromatic carbocycles. The second-order valence-corrected chi connectivity index (χ2v) is 4.72. The third-order valence-corrected chi connectivity index (χ3v) is 2.97. The molecule has 0 saturated carbocycles. The molecule has 3 nitrogen and oxygen atoms in total. The standard InChI is InChI=1S/C12H26N2O/c1-6-8-12(3,7-2)11(15)13-9-10-14(4)5/h6-10H2,1-5H3,(H,13,15). The Balaban J connectivity index is 4.04. The topological polar surface area (TPSA) is 32.3 Å². The molecule has 0 rings (SSSR count). The minimum Gasteiger partial charge on any atom is -0.354 e. The van der Waals surface area contributed by atoms with Crippen molar-refractivity contribution in [3.05, 3.63) is 0 Å². The van der Waals surface area contributed by atoms with Crippen LogP contribution in [0.5, 0.6) is 0 Å². The van der Waals surface area contributed by atoms with Crippen molar-refractivity contribution in [2.75, 3.05) is 27.2 Å². The minimum atomic E-state index is -0.180. The van der Waals surface area contributed by atoms with Crippen molar-refractivity contribution in [1.82, 2.24) is 10.2 Å². The Hall–Kier alpha value is -0.570. The zero-order valence-electron chi connectivity index (χ0n) is 10.9. The summed E-state index contributed by atoms with van der Waals surface area (Å²) in [6.45, 7) is 7.91. The lowest BCUT2D eigenvalue weighted by Gasteiger charge is -2.26. The average molecular weight is 214 g/mol. The number of hydrogen-bond acceptors (Lipinski definition) is 2. The third-order valence-electron chi connectivity index (χ3n) is 2.97. The average Bonchev–Trinajstić information content (AvgIpc) is 2.17. The molecule has 0 aliphatic rings. The molecule has 0 spiro atoms. The fourth-order valence-corrected chi connectivity index (χ4v) is 1.61. The summed E-state index contributed by atoms with van der Waals surface area (Å²) in [5, 5.41) is 3.01. The summed E-state index contributed by atoms with van der Waals surface area (Å²) < 4.78 is 0. The van der Waals surface area contributed by atoms with Crippen molar-refractivity contribution < 1.29 is 4.79 Å². The van der Waals surface area contributed by atoms with Gasteiger partial charge in [-0.15, -0.1) is 0 Å². The van der Waals surface area contributed by atoms with Crippen LogP contribution in [0.25, 0.3) is 0 Å². The lowest BCUT2D eigenvalue weighted by molar-refractivity contribution is -0.130. The van der Waals surface area contributed by atoms with Gasteiger partial charge in [-0.1, -0.05) is 27.2 Å². The molecule has 1 atom stereocenters. The normalized spacial score (nSPS) is 15.1. The molecule has 3 heteroatoms. The van der Waals surface area contributed by atoms with Crippen molar-refractivity contribution >= 4 is 5.91 Å². The Bertz CT molecular complexity index is 192. The molecule has 90 valence electrons. The number of hydrogen-bond donors (Lipinski definition) is 1. The lowest BCUT2D eigenvalue weighted by Crippen LogP contribution is -2.41. The maximum Gasteiger partial charge on any atom is 0.225 e. The van der Waals surface area contributed by atoms with E-state index in [9.17, 15) is 4.79 Å². The number of carbonyl (C=O) groups is 1. The van der Waals surface area contributed by atoms with Crippen LogP contribution in [0.4, 0.5) is 0 Å². The Morgan fingerprint density at radius 2 is 1.93 bits per heavy atom. The summed E-state index contributed by atoms with van der Waals surface area (Å²) >= 11 is 0. The van der Waals surface area contributed by atoms with Gasteiger partial charge in [0.15, 0.2) is 0 Å². The first kappa shape index (κ1) is 14.4. The summed E-state index contributed by atoms with van der Waals surface area (Å²) in [7, 11) is 4.02. The SMILES string of the molecule is CCCC(C)(CC)C(=O)NCCN(C)C. The molecule has 0 bridgehead atoms. The fourth-order valence-electron chi connectivity index (χ4n) is 1.61. The van der Waals surface area contributed by atoms with Crippen LogP contribution in [0, 0.1) is 5.41 Å². The summed E-state index contributed by atoms with van der Waals surface area (Å²) in [5.41, 5.74) is -0.180. The highest BCUT2D eigenvalue weighted by Gasteiger charge is 2.29. The van der Waals surface area contributed by atoms with Gasteiger partial charge in [0.05, 0.1) is 0 Å². The highest BCUT2D eigenvalue weighted by atomic mass is 16.2. The molecule has 0 saturated heterocycles. The molecule has 0 fully saturated rings. The summed E-state index contributed by atoms with van der Waals surface area (Å²) in [5.74, 6) is 0.203. The van der Waals surface area contributed by atoms with Crippen LogP contribution in [0.15, 0.2) is 0 Å². The van der Waals surface area contributed by atoms with Crippen molar-refractivity contribution in [3.63, 3.8) is 0 Å². The predicted octanol–water partition coefficient (Wildman–Crippen LogP) is 1.88. The Morgan fingerprint density at radius 1 is 1.33 bits per heavy atom. The van der Waals surface area contributed by atoms with Gasteiger partial charge in [0.2, 0.25) is 5.91 Å². The monoisotopic (exact) mass is 214 g/mol. The molecule has 1 amide bonds. The quantitative estimate of drug-likeness (QED) is 0.702. The van der Waals surface area contributed by atoms with Gasteiger partial charge in [-0.2, -0.15) is 0 Å². The first-order valence-electron chi connectivity index (χ1n) is 5.89. The van der Waals surface area contributed by atoms with Gasteiger partial charge in [-0.25, -0.2) is 0 Å². The van der Waals surface area contributed by atoms with Crippen LogP contribution in [0.2, 0.25) is 0 Å². The Kier molecular flexibility index (Phi) is 6.57. The Labute approximate surface area is 94.2 Å². The van der Waals surface area contributed by atoms with Gasteiger partial charge >= 0.3 is 0 Å². The zero-order valence-corrected chi connectivity index (χ0v) is 10.9. The van der Waals surface area contributed by atoms with E-state index in [0.29, 0.717) is 0 Å². The van der Waals surface area contributed by atoms with E-state index in [-0.39, 0.29) is 11.3 Å². The van der Waals surface area contributed by atoms with E-state index in [2.05, 4.69) is 31.0 Å². The van der Waals surface area contributed by atoms with Gasteiger partial charge in [0, 0.05) is 18.5 Å². The van der Waals surface area contributed by atoms with E-state index >= 15 is 0 Å². The largest absolute Gasteiger partial charge is 0.354 e. The number of amides is 1. The minimum absolute atomic E-state index is 0.180. The number of nitrogens with zero attached hydrogens (tertiary/aromatic N) is 1. The van der Waals surface area contributed by atoms with E-state index in [4.69, 9.17) is 0 Å². The smallest absolute Gasteiger partial charge is 0.225 e. The van der Waals surface area contributed by atoms with E-state index in [0.717, 1.165) is 32.4 Å². The molecule has 0 aliphatic heterocycles. The number of rotatable bonds is 7. The van der Waals surface area contributed by atoms with Crippen molar-refractivity contribution in [2.45, 2.75) is 40.0 Å². The van der Waals surface area contributed by atoms with E-state index < -0.39 is 0 Å². The molecule has 0 aromatic heterocycles. The fraction of sp³-hybridized carbons (Fsp3) is 0.917. The lowest BCUT2D eigenvalue weighted by atomic mass is 9.82. The van der Waals surface area contributed by atoms with Crippen LogP contribution in [-0.2, 0) is 4.79 Å². The van der Waals surface area contributed by atoms with Gasteiger partial charge in [-0.3, -0.25) is 4.79 Å². The molecule has 0 aromatic rings. The van der Waals surface area contributed by atoms with Gasteiger partial charge in [0.25, 0.3) is 0 Å². The van der Waals surface area contributed by atoms with Crippen LogP contribution in [0.3, 0.4) is 0 Å². The van der Waals surface area contributed by atoms with Crippen LogP contribution < -0.4 is 5.32 Å². The number of nitrogens with one attached hydrogen (secondary N) is 1. The molecule has 0 aliphatic carbocycles. The molecular formula is C12H26N2O. The predicted molar refractivity (Wildman–Crippen MR) is 64.9 cm³/mol. The molecule has 15 heavy (non-hydrogen) atoms. The first-order valence-corrected chi connectivity index (χ1v) is 5.89. The van der Waals surface area contributed by atoms with Crippen molar-refractivity contribution in [2.24, 2.45) is 5.41 Å². The van der Waals surface area contributed by atoms with Crippen molar-refractivity contribution in [3.8, 4) is 0 Å². The Morgan fingerprint density at radius 3 is 2.33 bits per heavy atom. The van der Waals surface area contributed by atoms with Crippen LogP contribution >= 0.6 is 0 Å². The highest BCUT2D eigenvalue weighted by molar-refractivity contribution is 5.82. The first-order chi connectivity index (χ1) is 6.96. The van der Waals surface area contributed by atoms with E-state index in [1.165, 1.54) is 0 Å². The number of carbonyl (C=O) groups excluding carboxylic acids is 1. The maximum atomic E-state index is 11.9. The van der Waals surface area contributed by atoms with E-state index in [1.54, 1.807) is 0 Å². The van der Waals surface area contributed by atoms with Crippen LogP contribution in [-0.4, -0.2) is 38.0 Å². The molecular weight excluding hydrogens is 188 g/mol. The summed E-state index contributed by atoms with van der Waals surface area (Å²) in [4.78, 5) is 14.0. The molecule has 0 heterocycles. The second kappa shape index (κ2) is 6.83. The third kappa shape index (κ3) is 5.17. The molecule has 1 unspecified atom stereocenters. The maximum absolute atomic E-state index is 11.9. The van der Waals surface area contributed by atoms with Crippen LogP contribution in [0.1, 0.15) is 40.0 Å². The second-order valence-electron chi connectivity index (χ2n) is 4.72. The zero-order chi connectivity index (χ0) is 11.9. The van der Waals surface area contributed by atoms with Gasteiger partial charge in [-0.05, 0) is 26.9 Å². The van der Waals surface area contributed by atoms with Gasteiger partial charge < -0.3 is 10.2 Å². The molecule has 1 N–H and O–H groups in total. The highest BCUT2D eigenvalue weighted by Crippen LogP contribution is 2.27. The molecule has 0 radical (unpaired) electrons. The van der Waals surface area contributed by atoms with Crippen molar-refractivity contribution in [1.29, 1.82) is 0 Å².